The van der Waals surface area contributed by atoms with Gasteiger partial charge in [-0.1, -0.05) is 18.4 Å². The highest BCUT2D eigenvalue weighted by molar-refractivity contribution is 6.04. The molecule has 0 amide bonds. The summed E-state index contributed by atoms with van der Waals surface area (Å²) < 4.78 is 56.3. The standard InChI is InChI=1S/C41H47F2N5O6/c1-6-27-29(42)11-10-24-17-26(49)18-28(31(24)27)34-33(43)35-32(37(44-34)51-4)36(47-15-16-53-22-39(2,50)21-47)46-38(45-35)54-23-41-12-7-9-30(41)48(14-8-13-41)25-19-40(3,20-25)52-5/h1,10-11,17-18,25,30,49-50H,7-9,12-16,19-23H2,2-5H3/t25?,30-,39+,40?,41-/m1/s1. The van der Waals surface area contributed by atoms with Crippen molar-refractivity contribution in [3.05, 3.63) is 41.5 Å². The number of rotatable bonds is 8. The third kappa shape index (κ3) is 6.27. The Morgan fingerprint density at radius 2 is 1.85 bits per heavy atom. The van der Waals surface area contributed by atoms with Crippen LogP contribution in [0.4, 0.5) is 14.6 Å². The number of terminal acetylenes is 1. The summed E-state index contributed by atoms with van der Waals surface area (Å²) in [4.78, 5) is 18.7. The summed E-state index contributed by atoms with van der Waals surface area (Å²) >= 11 is 0. The normalized spacial score (nSPS) is 28.7. The number of likely N-dealkylation sites (tertiary alicyclic amines) is 1. The molecule has 286 valence electrons. The minimum Gasteiger partial charge on any atom is -0.508 e. The Balaban J connectivity index is 1.25. The van der Waals surface area contributed by atoms with Crippen LogP contribution < -0.4 is 14.4 Å². The van der Waals surface area contributed by atoms with Crippen LogP contribution in [-0.4, -0.2) is 107 Å². The van der Waals surface area contributed by atoms with E-state index in [9.17, 15) is 10.2 Å². The molecule has 54 heavy (non-hydrogen) atoms. The molecular weight excluding hydrogens is 696 g/mol. The number of aromatic nitrogens is 3. The van der Waals surface area contributed by atoms with Crippen molar-refractivity contribution in [2.45, 2.75) is 82.1 Å². The van der Waals surface area contributed by atoms with Gasteiger partial charge in [-0.15, -0.1) is 6.42 Å². The number of hydrogen-bond donors (Lipinski definition) is 2. The van der Waals surface area contributed by atoms with Crippen molar-refractivity contribution >= 4 is 27.5 Å². The Morgan fingerprint density at radius 3 is 2.61 bits per heavy atom. The van der Waals surface area contributed by atoms with Crippen molar-refractivity contribution in [1.82, 2.24) is 19.9 Å². The topological polar surface area (TPSA) is 123 Å². The van der Waals surface area contributed by atoms with Crippen molar-refractivity contribution in [3.8, 4) is 41.2 Å². The Morgan fingerprint density at radius 1 is 1.06 bits per heavy atom. The van der Waals surface area contributed by atoms with Gasteiger partial charge in [0.15, 0.2) is 5.82 Å². The van der Waals surface area contributed by atoms with Gasteiger partial charge in [-0.25, -0.2) is 13.8 Å². The maximum Gasteiger partial charge on any atom is 0.319 e. The summed E-state index contributed by atoms with van der Waals surface area (Å²) in [6.45, 7) is 6.08. The Labute approximate surface area is 313 Å². The molecule has 2 saturated heterocycles. The second-order valence-corrected chi connectivity index (χ2v) is 16.1. The summed E-state index contributed by atoms with van der Waals surface area (Å²) in [5.41, 5.74) is -1.86. The first kappa shape index (κ1) is 36.6. The second kappa shape index (κ2) is 13.7. The van der Waals surface area contributed by atoms with Crippen LogP contribution in [0.15, 0.2) is 24.3 Å². The molecule has 3 atom stereocenters. The van der Waals surface area contributed by atoms with E-state index in [4.69, 9.17) is 35.3 Å². The van der Waals surface area contributed by atoms with Gasteiger partial charge in [0.2, 0.25) is 5.88 Å². The predicted octanol–water partition coefficient (Wildman–Crippen LogP) is 5.99. The highest BCUT2D eigenvalue weighted by Gasteiger charge is 2.54. The van der Waals surface area contributed by atoms with Crippen LogP contribution in [0.25, 0.3) is 32.9 Å². The molecule has 4 aliphatic rings. The van der Waals surface area contributed by atoms with Gasteiger partial charge in [0.25, 0.3) is 0 Å². The fourth-order valence-corrected chi connectivity index (χ4v) is 9.58. The first-order valence-corrected chi connectivity index (χ1v) is 18.7. The lowest BCUT2D eigenvalue weighted by atomic mass is 9.70. The molecule has 2 aliphatic heterocycles. The van der Waals surface area contributed by atoms with Crippen molar-refractivity contribution in [1.29, 1.82) is 0 Å². The number of anilines is 1. The molecule has 4 fully saturated rings. The van der Waals surface area contributed by atoms with Gasteiger partial charge in [-0.3, -0.25) is 4.90 Å². The van der Waals surface area contributed by atoms with Crippen LogP contribution in [0.1, 0.15) is 64.4 Å². The number of hydrogen-bond acceptors (Lipinski definition) is 11. The van der Waals surface area contributed by atoms with E-state index < -0.39 is 17.2 Å². The fourth-order valence-electron chi connectivity index (χ4n) is 9.58. The molecule has 0 unspecified atom stereocenters. The SMILES string of the molecule is C#Cc1c(F)ccc2cc(O)cc(-c3nc(OC)c4c(N5CCOC[C@@](C)(O)C5)nc(OC[C@]56CCC[C@H]5N(C5CC(C)(OC)C5)CCC6)nc4c3F)c12. The number of ether oxygens (including phenoxy) is 4. The Kier molecular flexibility index (Phi) is 9.32. The van der Waals surface area contributed by atoms with Gasteiger partial charge >= 0.3 is 6.01 Å². The maximum absolute atomic E-state index is 17.3. The third-order valence-electron chi connectivity index (χ3n) is 12.2. The molecule has 0 radical (unpaired) electrons. The maximum atomic E-state index is 17.3. The summed E-state index contributed by atoms with van der Waals surface area (Å²) in [7, 11) is 3.19. The van der Waals surface area contributed by atoms with E-state index in [1.54, 1.807) is 14.0 Å². The van der Waals surface area contributed by atoms with E-state index in [1.165, 1.54) is 31.4 Å². The molecule has 0 spiro atoms. The van der Waals surface area contributed by atoms with Gasteiger partial charge in [-0.2, -0.15) is 9.97 Å². The number of halogens is 2. The number of nitrogens with zero attached hydrogens (tertiary/aromatic N) is 5. The zero-order valence-corrected chi connectivity index (χ0v) is 31.3. The van der Waals surface area contributed by atoms with Crippen LogP contribution in [0.2, 0.25) is 0 Å². The molecule has 4 aromatic rings. The van der Waals surface area contributed by atoms with Crippen LogP contribution in [-0.2, 0) is 9.47 Å². The first-order chi connectivity index (χ1) is 25.9. The zero-order chi connectivity index (χ0) is 38.0. The van der Waals surface area contributed by atoms with E-state index in [1.807, 2.05) is 4.90 Å². The van der Waals surface area contributed by atoms with Gasteiger partial charge in [0.1, 0.15) is 39.6 Å². The lowest BCUT2D eigenvalue weighted by Crippen LogP contribution is -2.62. The van der Waals surface area contributed by atoms with E-state index in [0.717, 1.165) is 51.5 Å². The van der Waals surface area contributed by atoms with Crippen molar-refractivity contribution in [2.75, 3.05) is 58.6 Å². The van der Waals surface area contributed by atoms with Crippen LogP contribution in [0, 0.1) is 29.4 Å². The first-order valence-electron chi connectivity index (χ1n) is 18.7. The molecule has 0 bridgehead atoms. The Hall–Kier alpha value is -4.35. The molecule has 8 rings (SSSR count). The van der Waals surface area contributed by atoms with E-state index in [0.29, 0.717) is 30.6 Å². The number of piperidine rings is 1. The highest BCUT2D eigenvalue weighted by Crippen LogP contribution is 2.52. The number of benzene rings is 2. The molecule has 2 N–H and O–H groups in total. The summed E-state index contributed by atoms with van der Waals surface area (Å²) in [6, 6.07) is 6.18. The number of aromatic hydroxyl groups is 1. The summed E-state index contributed by atoms with van der Waals surface area (Å²) in [5, 5.41) is 22.7. The summed E-state index contributed by atoms with van der Waals surface area (Å²) in [5.74, 6) is 0.925. The van der Waals surface area contributed by atoms with Gasteiger partial charge in [0.05, 0.1) is 44.6 Å². The number of phenolic OH excluding ortho intramolecular Hbond substituents is 1. The smallest absolute Gasteiger partial charge is 0.319 e. The average molecular weight is 744 g/mol. The van der Waals surface area contributed by atoms with E-state index in [-0.39, 0.29) is 87.3 Å². The van der Waals surface area contributed by atoms with Crippen LogP contribution in [0.3, 0.4) is 0 Å². The van der Waals surface area contributed by atoms with Crippen LogP contribution in [0.5, 0.6) is 17.6 Å². The minimum atomic E-state index is -1.24. The molecule has 2 aliphatic carbocycles. The van der Waals surface area contributed by atoms with Gasteiger partial charge in [-0.05, 0) is 82.5 Å². The molecule has 13 heteroatoms. The number of fused-ring (bicyclic) bond motifs is 3. The van der Waals surface area contributed by atoms with Crippen LogP contribution >= 0.6 is 0 Å². The molecule has 2 aromatic heterocycles. The van der Waals surface area contributed by atoms with E-state index >= 15 is 8.78 Å². The predicted molar refractivity (Wildman–Crippen MR) is 200 cm³/mol. The molecule has 2 saturated carbocycles. The lowest BCUT2D eigenvalue weighted by Gasteiger charge is -2.56. The zero-order valence-electron chi connectivity index (χ0n) is 31.3. The number of aliphatic hydroxyl groups is 1. The van der Waals surface area contributed by atoms with Gasteiger partial charge in [0, 0.05) is 42.1 Å². The second-order valence-electron chi connectivity index (χ2n) is 16.1. The lowest BCUT2D eigenvalue weighted by molar-refractivity contribution is -0.134. The number of phenols is 1. The van der Waals surface area contributed by atoms with E-state index in [2.05, 4.69) is 22.7 Å². The largest absolute Gasteiger partial charge is 0.508 e. The quantitative estimate of drug-likeness (QED) is 0.207. The number of methoxy groups -OCH3 is 2. The van der Waals surface area contributed by atoms with Crippen molar-refractivity contribution in [3.63, 3.8) is 0 Å². The van der Waals surface area contributed by atoms with Gasteiger partial charge < -0.3 is 34.1 Å². The fraction of sp³-hybridized carbons (Fsp3) is 0.537. The number of β-amino-alcohol motifs (C(OH)–C–C–N with tert-alkyl or cyclic N) is 1. The summed E-state index contributed by atoms with van der Waals surface area (Å²) in [6.07, 6.45) is 13.0. The molecular formula is C41H47F2N5O6. The average Bonchev–Trinajstić information content (AvgIpc) is 3.49. The van der Waals surface area contributed by atoms with Crippen molar-refractivity contribution < 1.29 is 37.9 Å². The number of pyridine rings is 1. The molecule has 11 nitrogen and oxygen atoms in total. The Bertz CT molecular complexity index is 2150. The molecule has 2 aromatic carbocycles. The molecule has 4 heterocycles. The minimum absolute atomic E-state index is 0.0103. The monoisotopic (exact) mass is 743 g/mol. The third-order valence-corrected chi connectivity index (χ3v) is 12.2. The van der Waals surface area contributed by atoms with Crippen molar-refractivity contribution in [2.24, 2.45) is 5.41 Å². The highest BCUT2D eigenvalue weighted by atomic mass is 19.1.